The Kier molecular flexibility index (Phi) is 5.57. The first-order valence-corrected chi connectivity index (χ1v) is 7.30. The van der Waals surface area contributed by atoms with E-state index in [1.165, 1.54) is 0 Å². The third kappa shape index (κ3) is 4.32. The summed E-state index contributed by atoms with van der Waals surface area (Å²) in [5.74, 6) is 0.893. The van der Waals surface area contributed by atoms with Crippen molar-refractivity contribution in [1.82, 2.24) is 0 Å². The van der Waals surface area contributed by atoms with E-state index in [-0.39, 0.29) is 0 Å². The van der Waals surface area contributed by atoms with Gasteiger partial charge in [0.2, 0.25) is 0 Å². The van der Waals surface area contributed by atoms with Gasteiger partial charge in [-0.05, 0) is 43.2 Å². The molecule has 0 unspecified atom stereocenters. The lowest BCUT2D eigenvalue weighted by Gasteiger charge is -2.11. The third-order valence-corrected chi connectivity index (χ3v) is 3.62. The Hall–Kier alpha value is -1.38. The second-order valence-electron chi connectivity index (χ2n) is 4.52. The summed E-state index contributed by atoms with van der Waals surface area (Å²) in [6.07, 6.45) is 0.886. The minimum Gasteiger partial charge on any atom is -0.494 e. The van der Waals surface area contributed by atoms with Gasteiger partial charge in [-0.2, -0.15) is 0 Å². The summed E-state index contributed by atoms with van der Waals surface area (Å²) in [4.78, 5) is 0. The van der Waals surface area contributed by atoms with Gasteiger partial charge >= 0.3 is 0 Å². The molecule has 1 N–H and O–H groups in total. The van der Waals surface area contributed by atoms with Crippen molar-refractivity contribution in [2.24, 2.45) is 0 Å². The van der Waals surface area contributed by atoms with Crippen molar-refractivity contribution in [2.45, 2.75) is 13.3 Å². The fraction of sp³-hybridized carbons (Fsp3) is 0.250. The van der Waals surface area contributed by atoms with Crippen LogP contribution in [0.25, 0.3) is 0 Å². The predicted molar refractivity (Wildman–Crippen MR) is 86.2 cm³/mol. The SMILES string of the molecule is Cc1cc(Cl)c(NCCCOc2ccccc2)cc1Cl. The molecule has 4 heteroatoms. The smallest absolute Gasteiger partial charge is 0.119 e. The molecular weight excluding hydrogens is 293 g/mol. The molecule has 0 spiro atoms. The molecule has 0 heterocycles. The van der Waals surface area contributed by atoms with E-state index >= 15 is 0 Å². The highest BCUT2D eigenvalue weighted by Crippen LogP contribution is 2.28. The van der Waals surface area contributed by atoms with Crippen LogP contribution in [0.2, 0.25) is 10.0 Å². The lowest BCUT2D eigenvalue weighted by atomic mass is 10.2. The largest absolute Gasteiger partial charge is 0.494 e. The number of anilines is 1. The Morgan fingerprint density at radius 3 is 2.55 bits per heavy atom. The Morgan fingerprint density at radius 1 is 1.05 bits per heavy atom. The van der Waals surface area contributed by atoms with Crippen molar-refractivity contribution in [3.05, 3.63) is 58.1 Å². The molecule has 0 amide bonds. The number of rotatable bonds is 6. The number of ether oxygens (including phenoxy) is 1. The maximum Gasteiger partial charge on any atom is 0.119 e. The normalized spacial score (nSPS) is 10.3. The molecule has 0 atom stereocenters. The topological polar surface area (TPSA) is 21.3 Å². The highest BCUT2D eigenvalue weighted by atomic mass is 35.5. The van der Waals surface area contributed by atoms with Crippen LogP contribution in [0.5, 0.6) is 5.75 Å². The number of aryl methyl sites for hydroxylation is 1. The van der Waals surface area contributed by atoms with Gasteiger partial charge in [-0.3, -0.25) is 0 Å². The van der Waals surface area contributed by atoms with Crippen molar-refractivity contribution >= 4 is 28.9 Å². The predicted octanol–water partition coefficient (Wildman–Crippen LogP) is 5.18. The average Bonchev–Trinajstić information content (AvgIpc) is 2.45. The van der Waals surface area contributed by atoms with Crippen LogP contribution in [0, 0.1) is 6.92 Å². The second kappa shape index (κ2) is 7.41. The first kappa shape index (κ1) is 15.0. The number of halogens is 2. The number of para-hydroxylation sites is 1. The van der Waals surface area contributed by atoms with Gasteiger partial charge in [0.1, 0.15) is 5.75 Å². The minimum absolute atomic E-state index is 0.661. The molecule has 0 aliphatic heterocycles. The lowest BCUT2D eigenvalue weighted by molar-refractivity contribution is 0.315. The van der Waals surface area contributed by atoms with Gasteiger partial charge in [-0.25, -0.2) is 0 Å². The lowest BCUT2D eigenvalue weighted by Crippen LogP contribution is -2.07. The van der Waals surface area contributed by atoms with Crippen LogP contribution in [-0.4, -0.2) is 13.2 Å². The van der Waals surface area contributed by atoms with Gasteiger partial charge in [0.25, 0.3) is 0 Å². The maximum atomic E-state index is 6.16. The first-order chi connectivity index (χ1) is 9.66. The fourth-order valence-electron chi connectivity index (χ4n) is 1.78. The molecule has 0 saturated heterocycles. The van der Waals surface area contributed by atoms with E-state index in [0.717, 1.165) is 35.0 Å². The Labute approximate surface area is 129 Å². The van der Waals surface area contributed by atoms with Gasteiger partial charge in [0.15, 0.2) is 0 Å². The molecule has 2 aromatic rings. The Morgan fingerprint density at radius 2 is 1.80 bits per heavy atom. The van der Waals surface area contributed by atoms with Crippen LogP contribution < -0.4 is 10.1 Å². The molecule has 20 heavy (non-hydrogen) atoms. The van der Waals surface area contributed by atoms with E-state index in [1.54, 1.807) is 0 Å². The van der Waals surface area contributed by atoms with E-state index in [9.17, 15) is 0 Å². The van der Waals surface area contributed by atoms with Gasteiger partial charge < -0.3 is 10.1 Å². The van der Waals surface area contributed by atoms with Gasteiger partial charge in [-0.1, -0.05) is 41.4 Å². The minimum atomic E-state index is 0.661. The molecule has 0 aliphatic carbocycles. The molecule has 106 valence electrons. The van der Waals surface area contributed by atoms with Crippen molar-refractivity contribution in [3.63, 3.8) is 0 Å². The molecule has 0 saturated carbocycles. The zero-order chi connectivity index (χ0) is 14.4. The quantitative estimate of drug-likeness (QED) is 0.742. The van der Waals surface area contributed by atoms with E-state index in [0.29, 0.717) is 11.6 Å². The van der Waals surface area contributed by atoms with Crippen LogP contribution in [0.15, 0.2) is 42.5 Å². The third-order valence-electron chi connectivity index (χ3n) is 2.90. The van der Waals surface area contributed by atoms with Crippen LogP contribution in [0.4, 0.5) is 5.69 Å². The van der Waals surface area contributed by atoms with Gasteiger partial charge in [-0.15, -0.1) is 0 Å². The summed E-state index contributed by atoms with van der Waals surface area (Å²) < 4.78 is 5.62. The van der Waals surface area contributed by atoms with Crippen molar-refractivity contribution in [2.75, 3.05) is 18.5 Å². The van der Waals surface area contributed by atoms with E-state index < -0.39 is 0 Å². The summed E-state index contributed by atoms with van der Waals surface area (Å²) in [6.45, 7) is 3.38. The van der Waals surface area contributed by atoms with Crippen LogP contribution in [0.1, 0.15) is 12.0 Å². The maximum absolute atomic E-state index is 6.16. The number of hydrogen-bond donors (Lipinski definition) is 1. The van der Waals surface area contributed by atoms with Crippen LogP contribution in [0.3, 0.4) is 0 Å². The average molecular weight is 310 g/mol. The second-order valence-corrected chi connectivity index (χ2v) is 5.34. The monoisotopic (exact) mass is 309 g/mol. The highest BCUT2D eigenvalue weighted by Gasteiger charge is 2.04. The zero-order valence-corrected chi connectivity index (χ0v) is 12.8. The van der Waals surface area contributed by atoms with E-state index in [4.69, 9.17) is 27.9 Å². The molecular formula is C16H17Cl2NO. The summed E-state index contributed by atoms with van der Waals surface area (Å²) in [6, 6.07) is 13.5. The van der Waals surface area contributed by atoms with Gasteiger partial charge in [0.05, 0.1) is 17.3 Å². The van der Waals surface area contributed by atoms with Crippen molar-refractivity contribution in [3.8, 4) is 5.75 Å². The summed E-state index contributed by atoms with van der Waals surface area (Å²) in [7, 11) is 0. The Balaban J connectivity index is 1.75. The molecule has 2 rings (SSSR count). The van der Waals surface area contributed by atoms with E-state index in [1.807, 2.05) is 49.4 Å². The fourth-order valence-corrected chi connectivity index (χ4v) is 2.23. The summed E-state index contributed by atoms with van der Waals surface area (Å²) >= 11 is 12.2. The van der Waals surface area contributed by atoms with Crippen LogP contribution in [-0.2, 0) is 0 Å². The standard InChI is InChI=1S/C16H17Cl2NO/c1-12-10-15(18)16(11-14(12)17)19-8-5-9-20-13-6-3-2-4-7-13/h2-4,6-7,10-11,19H,5,8-9H2,1H3. The number of nitrogens with one attached hydrogen (secondary N) is 1. The number of hydrogen-bond acceptors (Lipinski definition) is 2. The summed E-state index contributed by atoms with van der Waals surface area (Å²) in [5, 5.41) is 4.68. The first-order valence-electron chi connectivity index (χ1n) is 6.54. The van der Waals surface area contributed by atoms with Crippen LogP contribution >= 0.6 is 23.2 Å². The molecule has 2 nitrogen and oxygen atoms in total. The molecule has 0 aromatic heterocycles. The Bertz CT molecular complexity index is 558. The van der Waals surface area contributed by atoms with E-state index in [2.05, 4.69) is 5.32 Å². The molecule has 0 bridgehead atoms. The highest BCUT2D eigenvalue weighted by molar-refractivity contribution is 6.35. The molecule has 0 fully saturated rings. The van der Waals surface area contributed by atoms with Crippen molar-refractivity contribution in [1.29, 1.82) is 0 Å². The molecule has 0 aliphatic rings. The van der Waals surface area contributed by atoms with Crippen molar-refractivity contribution < 1.29 is 4.74 Å². The molecule has 0 radical (unpaired) electrons. The zero-order valence-electron chi connectivity index (χ0n) is 11.3. The molecule has 2 aromatic carbocycles. The summed E-state index contributed by atoms with van der Waals surface area (Å²) in [5.41, 5.74) is 1.84. The van der Waals surface area contributed by atoms with Gasteiger partial charge in [0, 0.05) is 11.6 Å². The number of benzene rings is 2.